The second kappa shape index (κ2) is 3.07. The summed E-state index contributed by atoms with van der Waals surface area (Å²) in [4.78, 5) is 13.1. The van der Waals surface area contributed by atoms with Gasteiger partial charge in [-0.2, -0.15) is 0 Å². The summed E-state index contributed by atoms with van der Waals surface area (Å²) in [7, 11) is 0. The van der Waals surface area contributed by atoms with Crippen LogP contribution in [0, 0.1) is 10.1 Å². The van der Waals surface area contributed by atoms with Crippen LogP contribution in [-0.4, -0.2) is 15.0 Å². The molecule has 58 valence electrons. The normalized spacial score (nSPS) is 9.55. The third kappa shape index (κ3) is 1.50. The van der Waals surface area contributed by atoms with Crippen molar-refractivity contribution in [1.29, 1.82) is 0 Å². The van der Waals surface area contributed by atoms with E-state index in [-0.39, 0.29) is 18.0 Å². The van der Waals surface area contributed by atoms with Crippen molar-refractivity contribution in [3.63, 3.8) is 0 Å². The number of rotatable bonds is 2. The van der Waals surface area contributed by atoms with Gasteiger partial charge in [0.1, 0.15) is 6.20 Å². The zero-order valence-electron chi connectivity index (χ0n) is 5.60. The average molecular weight is 154 g/mol. The first-order valence-electron chi connectivity index (χ1n) is 2.95. The minimum atomic E-state index is -0.619. The number of nitro groups is 1. The molecule has 0 amide bonds. The van der Waals surface area contributed by atoms with Gasteiger partial charge in [0, 0.05) is 0 Å². The molecule has 0 aliphatic carbocycles. The summed E-state index contributed by atoms with van der Waals surface area (Å²) >= 11 is 0. The fraction of sp³-hybridized carbons (Fsp3) is 0.167. The van der Waals surface area contributed by atoms with Crippen LogP contribution in [0.2, 0.25) is 0 Å². The smallest absolute Gasteiger partial charge is 0.368 e. The zero-order valence-corrected chi connectivity index (χ0v) is 5.60. The lowest BCUT2D eigenvalue weighted by Gasteiger charge is -1.95. The fourth-order valence-corrected chi connectivity index (χ4v) is 0.718. The number of hydrogen-bond acceptors (Lipinski definition) is 4. The lowest BCUT2D eigenvalue weighted by atomic mass is 10.3. The largest absolute Gasteiger partial charge is 0.391 e. The van der Waals surface area contributed by atoms with Crippen LogP contribution in [-0.2, 0) is 6.61 Å². The van der Waals surface area contributed by atoms with Gasteiger partial charge in [-0.05, 0) is 22.0 Å². The molecule has 0 fully saturated rings. The molecule has 0 saturated carbocycles. The molecule has 0 atom stereocenters. The summed E-state index contributed by atoms with van der Waals surface area (Å²) in [6.07, 6.45) is 1.32. The molecule has 1 rings (SSSR count). The van der Waals surface area contributed by atoms with Gasteiger partial charge < -0.3 is 15.2 Å². The van der Waals surface area contributed by atoms with E-state index in [9.17, 15) is 10.1 Å². The molecule has 0 radical (unpaired) electrons. The Balaban J connectivity index is 3.12. The monoisotopic (exact) mass is 154 g/mol. The number of aromatic nitrogens is 1. The van der Waals surface area contributed by atoms with E-state index in [0.29, 0.717) is 0 Å². The maximum Gasteiger partial charge on any atom is 0.368 e. The van der Waals surface area contributed by atoms with E-state index in [0.717, 1.165) is 0 Å². The minimum absolute atomic E-state index is 0.234. The molecule has 5 nitrogen and oxygen atoms in total. The van der Waals surface area contributed by atoms with Crippen molar-refractivity contribution in [3.05, 3.63) is 34.0 Å². The second-order valence-electron chi connectivity index (χ2n) is 1.90. The Bertz CT molecular complexity index is 274. The number of hydrogen-bond donors (Lipinski definition) is 1. The highest BCUT2D eigenvalue weighted by Gasteiger charge is 2.11. The van der Waals surface area contributed by atoms with Crippen LogP contribution in [0.3, 0.4) is 0 Å². The average Bonchev–Trinajstić information content (AvgIpc) is 2.04. The Morgan fingerprint density at radius 2 is 2.45 bits per heavy atom. The summed E-state index contributed by atoms with van der Waals surface area (Å²) in [5.41, 5.74) is 0.234. The molecule has 0 aliphatic rings. The Kier molecular flexibility index (Phi) is 2.12. The van der Waals surface area contributed by atoms with Crippen LogP contribution in [0.4, 0.5) is 5.82 Å². The van der Waals surface area contributed by atoms with Gasteiger partial charge in [-0.3, -0.25) is 0 Å². The van der Waals surface area contributed by atoms with E-state index in [1.165, 1.54) is 12.3 Å². The van der Waals surface area contributed by atoms with Gasteiger partial charge in [0.25, 0.3) is 0 Å². The first-order chi connectivity index (χ1) is 5.25. The third-order valence-corrected chi connectivity index (χ3v) is 1.21. The summed E-state index contributed by atoms with van der Waals surface area (Å²) in [5.74, 6) is -0.282. The van der Waals surface area contributed by atoms with Crippen LogP contribution in [0.1, 0.15) is 5.56 Å². The highest BCUT2D eigenvalue weighted by Crippen LogP contribution is 2.12. The summed E-state index contributed by atoms with van der Waals surface area (Å²) in [6.45, 7) is -0.357. The van der Waals surface area contributed by atoms with E-state index in [1.807, 2.05) is 0 Å². The van der Waals surface area contributed by atoms with Crippen LogP contribution in [0.25, 0.3) is 0 Å². The molecule has 1 aromatic heterocycles. The molecule has 1 N–H and O–H groups in total. The van der Waals surface area contributed by atoms with Gasteiger partial charge in [0.2, 0.25) is 0 Å². The second-order valence-corrected chi connectivity index (χ2v) is 1.90. The molecule has 0 spiro atoms. The Labute approximate surface area is 62.5 Å². The van der Waals surface area contributed by atoms with Crippen molar-refractivity contribution in [2.24, 2.45) is 0 Å². The van der Waals surface area contributed by atoms with Gasteiger partial charge in [-0.25, -0.2) is 0 Å². The number of aliphatic hydroxyl groups excluding tert-OH is 1. The van der Waals surface area contributed by atoms with Gasteiger partial charge in [-0.15, -0.1) is 0 Å². The quantitative estimate of drug-likeness (QED) is 0.496. The molecule has 0 unspecified atom stereocenters. The fourth-order valence-electron chi connectivity index (χ4n) is 0.718. The van der Waals surface area contributed by atoms with E-state index < -0.39 is 4.92 Å². The van der Waals surface area contributed by atoms with Crippen molar-refractivity contribution in [3.8, 4) is 0 Å². The molecule has 1 heterocycles. The number of nitrogens with zero attached hydrogens (tertiary/aromatic N) is 2. The van der Waals surface area contributed by atoms with Crippen molar-refractivity contribution < 1.29 is 10.0 Å². The third-order valence-electron chi connectivity index (χ3n) is 1.21. The number of aliphatic hydroxyl groups is 1. The Morgan fingerprint density at radius 1 is 1.73 bits per heavy atom. The molecule has 0 aromatic carbocycles. The first-order valence-corrected chi connectivity index (χ1v) is 2.95. The van der Waals surface area contributed by atoms with Crippen molar-refractivity contribution >= 4 is 5.82 Å². The minimum Gasteiger partial charge on any atom is -0.391 e. The van der Waals surface area contributed by atoms with E-state index in [4.69, 9.17) is 5.11 Å². The number of pyridine rings is 1. The summed E-state index contributed by atoms with van der Waals surface area (Å²) in [5, 5.41) is 18.8. The molecule has 5 heteroatoms. The van der Waals surface area contributed by atoms with Crippen LogP contribution in [0.15, 0.2) is 18.3 Å². The molecule has 1 aromatic rings. The molecule has 0 saturated heterocycles. The van der Waals surface area contributed by atoms with Gasteiger partial charge in [-0.1, -0.05) is 0 Å². The van der Waals surface area contributed by atoms with E-state index >= 15 is 0 Å². The predicted octanol–water partition coefficient (Wildman–Crippen LogP) is 0.482. The maximum atomic E-state index is 10.2. The molecule has 11 heavy (non-hydrogen) atoms. The van der Waals surface area contributed by atoms with Gasteiger partial charge in [0.05, 0.1) is 12.2 Å². The Hall–Kier alpha value is -1.49. The van der Waals surface area contributed by atoms with Crippen LogP contribution in [0.5, 0.6) is 0 Å². The van der Waals surface area contributed by atoms with E-state index in [1.54, 1.807) is 6.07 Å². The van der Waals surface area contributed by atoms with E-state index in [2.05, 4.69) is 4.98 Å². The molecular formula is C6H6N2O3. The predicted molar refractivity (Wildman–Crippen MR) is 36.8 cm³/mol. The standard InChI is InChI=1S/C6H6N2O3/c9-4-5-2-1-3-7-6(5)8(10)11/h1-3,9H,4H2. The molecule has 0 aliphatic heterocycles. The topological polar surface area (TPSA) is 76.3 Å². The van der Waals surface area contributed by atoms with Crippen LogP contribution >= 0.6 is 0 Å². The SMILES string of the molecule is O=[N+]([O-])c1ncccc1CO. The summed E-state index contributed by atoms with van der Waals surface area (Å²) in [6, 6.07) is 3.00. The first kappa shape index (κ1) is 7.62. The lowest BCUT2D eigenvalue weighted by molar-refractivity contribution is -0.390. The Morgan fingerprint density at radius 3 is 2.91 bits per heavy atom. The lowest BCUT2D eigenvalue weighted by Crippen LogP contribution is -1.97. The molecule has 0 bridgehead atoms. The zero-order chi connectivity index (χ0) is 8.27. The van der Waals surface area contributed by atoms with Gasteiger partial charge >= 0.3 is 5.82 Å². The van der Waals surface area contributed by atoms with Crippen LogP contribution < -0.4 is 0 Å². The van der Waals surface area contributed by atoms with Crippen molar-refractivity contribution in [2.45, 2.75) is 6.61 Å². The summed E-state index contributed by atoms with van der Waals surface area (Å²) < 4.78 is 0. The van der Waals surface area contributed by atoms with Gasteiger partial charge in [0.15, 0.2) is 0 Å². The van der Waals surface area contributed by atoms with Crippen molar-refractivity contribution in [1.82, 2.24) is 4.98 Å². The highest BCUT2D eigenvalue weighted by molar-refractivity contribution is 5.30. The van der Waals surface area contributed by atoms with Crippen molar-refractivity contribution in [2.75, 3.05) is 0 Å². The maximum absolute atomic E-state index is 10.2. The molecular weight excluding hydrogens is 148 g/mol. The highest BCUT2D eigenvalue weighted by atomic mass is 16.6.